The molecule has 0 spiro atoms. The van der Waals surface area contributed by atoms with E-state index in [1.807, 2.05) is 6.07 Å². The molecule has 0 aliphatic rings. The zero-order chi connectivity index (χ0) is 15.2. The van der Waals surface area contributed by atoms with Gasteiger partial charge in [0.15, 0.2) is 0 Å². The highest BCUT2D eigenvalue weighted by Crippen LogP contribution is 2.12. The number of furan rings is 1. The number of carbonyl (C=O) groups is 2. The van der Waals surface area contributed by atoms with Crippen LogP contribution < -0.4 is 0 Å². The first-order valence-corrected chi connectivity index (χ1v) is 5.98. The minimum Gasteiger partial charge on any atom is -0.463 e. The van der Waals surface area contributed by atoms with Crippen LogP contribution in [0.15, 0.2) is 40.8 Å². The van der Waals surface area contributed by atoms with Crippen molar-refractivity contribution in [2.75, 3.05) is 7.11 Å². The SMILES string of the molecule is COC(=O)c1ccc(COC(=O)c2ccc(C#N)cc2)o1. The van der Waals surface area contributed by atoms with Gasteiger partial charge in [0.1, 0.15) is 12.4 Å². The quantitative estimate of drug-likeness (QED) is 0.801. The summed E-state index contributed by atoms with van der Waals surface area (Å²) in [6.45, 7) is -0.101. The van der Waals surface area contributed by atoms with E-state index in [4.69, 9.17) is 14.4 Å². The monoisotopic (exact) mass is 285 g/mol. The van der Waals surface area contributed by atoms with Gasteiger partial charge in [-0.2, -0.15) is 5.26 Å². The Hall–Kier alpha value is -3.07. The molecule has 0 unspecified atom stereocenters. The number of nitrogens with zero attached hydrogens (tertiary/aromatic N) is 1. The van der Waals surface area contributed by atoms with E-state index in [9.17, 15) is 9.59 Å². The fraction of sp³-hybridized carbons (Fsp3) is 0.133. The number of methoxy groups -OCH3 is 1. The molecule has 2 rings (SSSR count). The van der Waals surface area contributed by atoms with Crippen LogP contribution in [0, 0.1) is 11.3 Å². The largest absolute Gasteiger partial charge is 0.463 e. The highest BCUT2D eigenvalue weighted by molar-refractivity contribution is 5.89. The molecule has 1 aromatic heterocycles. The topological polar surface area (TPSA) is 89.5 Å². The summed E-state index contributed by atoms with van der Waals surface area (Å²) in [5, 5.41) is 8.67. The van der Waals surface area contributed by atoms with Crippen molar-refractivity contribution in [3.05, 3.63) is 59.0 Å². The average Bonchev–Trinajstić information content (AvgIpc) is 3.01. The lowest BCUT2D eigenvalue weighted by Gasteiger charge is -2.02. The van der Waals surface area contributed by atoms with Gasteiger partial charge in [-0.1, -0.05) is 0 Å². The minimum atomic E-state index is -0.598. The second kappa shape index (κ2) is 6.39. The molecule has 0 radical (unpaired) electrons. The van der Waals surface area contributed by atoms with Crippen LogP contribution in [0.25, 0.3) is 0 Å². The molecule has 0 aliphatic carbocycles. The smallest absolute Gasteiger partial charge is 0.373 e. The lowest BCUT2D eigenvalue weighted by atomic mass is 10.1. The van der Waals surface area contributed by atoms with E-state index in [2.05, 4.69) is 4.74 Å². The van der Waals surface area contributed by atoms with Gasteiger partial charge in [-0.15, -0.1) is 0 Å². The lowest BCUT2D eigenvalue weighted by molar-refractivity contribution is 0.0438. The summed E-state index contributed by atoms with van der Waals surface area (Å²) in [7, 11) is 1.25. The van der Waals surface area contributed by atoms with Gasteiger partial charge >= 0.3 is 11.9 Å². The molecule has 106 valence electrons. The molecule has 0 saturated heterocycles. The van der Waals surface area contributed by atoms with Crippen LogP contribution in [-0.2, 0) is 16.1 Å². The summed E-state index contributed by atoms with van der Waals surface area (Å²) in [5.74, 6) is -0.769. The van der Waals surface area contributed by atoms with Crippen molar-refractivity contribution in [2.45, 2.75) is 6.61 Å². The second-order valence-corrected chi connectivity index (χ2v) is 4.02. The molecule has 0 atom stereocenters. The van der Waals surface area contributed by atoms with Gasteiger partial charge in [-0.05, 0) is 36.4 Å². The van der Waals surface area contributed by atoms with Crippen molar-refractivity contribution >= 4 is 11.9 Å². The zero-order valence-corrected chi connectivity index (χ0v) is 11.2. The van der Waals surface area contributed by atoms with Gasteiger partial charge < -0.3 is 13.9 Å². The molecule has 0 aliphatic heterocycles. The summed E-state index contributed by atoms with van der Waals surface area (Å²) in [6, 6.07) is 11.0. The Morgan fingerprint density at radius 1 is 1.14 bits per heavy atom. The number of benzene rings is 1. The van der Waals surface area contributed by atoms with Crippen molar-refractivity contribution in [3.8, 4) is 6.07 Å². The fourth-order valence-electron chi connectivity index (χ4n) is 1.57. The van der Waals surface area contributed by atoms with Crippen molar-refractivity contribution in [3.63, 3.8) is 0 Å². The maximum Gasteiger partial charge on any atom is 0.373 e. The Morgan fingerprint density at radius 2 is 1.86 bits per heavy atom. The summed E-state index contributed by atoms with van der Waals surface area (Å²) < 4.78 is 14.7. The summed E-state index contributed by atoms with van der Waals surface area (Å²) in [4.78, 5) is 23.0. The van der Waals surface area contributed by atoms with Crippen molar-refractivity contribution in [1.29, 1.82) is 5.26 Å². The van der Waals surface area contributed by atoms with E-state index in [1.165, 1.54) is 43.5 Å². The Morgan fingerprint density at radius 3 is 2.48 bits per heavy atom. The third-order valence-electron chi connectivity index (χ3n) is 2.64. The lowest BCUT2D eigenvalue weighted by Crippen LogP contribution is -2.05. The molecule has 21 heavy (non-hydrogen) atoms. The Labute approximate surface area is 120 Å². The third-order valence-corrected chi connectivity index (χ3v) is 2.64. The van der Waals surface area contributed by atoms with Crippen LogP contribution in [0.1, 0.15) is 32.2 Å². The summed E-state index contributed by atoms with van der Waals surface area (Å²) >= 11 is 0. The van der Waals surface area contributed by atoms with Crippen LogP contribution in [0.3, 0.4) is 0 Å². The van der Waals surface area contributed by atoms with Crippen LogP contribution in [0.2, 0.25) is 0 Å². The van der Waals surface area contributed by atoms with Gasteiger partial charge in [0.25, 0.3) is 0 Å². The standard InChI is InChI=1S/C15H11NO5/c1-19-15(18)13-7-6-12(21-13)9-20-14(17)11-4-2-10(8-16)3-5-11/h2-7H,9H2,1H3. The number of ether oxygens (including phenoxy) is 2. The molecule has 0 N–H and O–H groups in total. The Balaban J connectivity index is 1.96. The molecular formula is C15H11NO5. The van der Waals surface area contributed by atoms with E-state index in [0.717, 1.165) is 0 Å². The van der Waals surface area contributed by atoms with Gasteiger partial charge in [0.05, 0.1) is 24.3 Å². The van der Waals surface area contributed by atoms with Gasteiger partial charge in [-0.3, -0.25) is 0 Å². The minimum absolute atomic E-state index is 0.0434. The maximum atomic E-state index is 11.8. The first kappa shape index (κ1) is 14.3. The highest BCUT2D eigenvalue weighted by atomic mass is 16.5. The van der Waals surface area contributed by atoms with Gasteiger partial charge in [0, 0.05) is 0 Å². The Bertz CT molecular complexity index is 694. The van der Waals surface area contributed by atoms with Crippen LogP contribution >= 0.6 is 0 Å². The van der Waals surface area contributed by atoms with Gasteiger partial charge in [0.2, 0.25) is 5.76 Å². The van der Waals surface area contributed by atoms with E-state index in [-0.39, 0.29) is 12.4 Å². The van der Waals surface area contributed by atoms with Crippen molar-refractivity contribution in [2.24, 2.45) is 0 Å². The van der Waals surface area contributed by atoms with E-state index < -0.39 is 11.9 Å². The molecule has 1 aromatic carbocycles. The Kier molecular flexibility index (Phi) is 4.36. The zero-order valence-electron chi connectivity index (χ0n) is 11.2. The third kappa shape index (κ3) is 3.48. The van der Waals surface area contributed by atoms with Crippen LogP contribution in [-0.4, -0.2) is 19.0 Å². The number of rotatable bonds is 4. The van der Waals surface area contributed by atoms with Crippen molar-refractivity contribution < 1.29 is 23.5 Å². The second-order valence-electron chi connectivity index (χ2n) is 4.02. The van der Waals surface area contributed by atoms with Crippen LogP contribution in [0.4, 0.5) is 0 Å². The maximum absolute atomic E-state index is 11.8. The number of nitriles is 1. The molecule has 6 heteroatoms. The normalized spacial score (nSPS) is 9.71. The average molecular weight is 285 g/mol. The molecule has 0 amide bonds. The number of esters is 2. The molecule has 0 fully saturated rings. The van der Waals surface area contributed by atoms with Gasteiger partial charge in [-0.25, -0.2) is 9.59 Å². The summed E-state index contributed by atoms with van der Waals surface area (Å²) in [6.07, 6.45) is 0. The predicted octanol–water partition coefficient (Wildman–Crippen LogP) is 2.29. The molecule has 0 bridgehead atoms. The molecule has 6 nitrogen and oxygen atoms in total. The first-order valence-electron chi connectivity index (χ1n) is 5.98. The van der Waals surface area contributed by atoms with E-state index >= 15 is 0 Å². The van der Waals surface area contributed by atoms with E-state index in [1.54, 1.807) is 0 Å². The molecule has 2 aromatic rings. The number of carbonyl (C=O) groups excluding carboxylic acids is 2. The number of hydrogen-bond donors (Lipinski definition) is 0. The molecular weight excluding hydrogens is 274 g/mol. The molecule has 0 saturated carbocycles. The van der Waals surface area contributed by atoms with Crippen LogP contribution in [0.5, 0.6) is 0 Å². The predicted molar refractivity (Wildman–Crippen MR) is 70.3 cm³/mol. The van der Waals surface area contributed by atoms with E-state index in [0.29, 0.717) is 16.9 Å². The summed E-state index contributed by atoms with van der Waals surface area (Å²) in [5.41, 5.74) is 0.786. The highest BCUT2D eigenvalue weighted by Gasteiger charge is 2.13. The number of hydrogen-bond acceptors (Lipinski definition) is 6. The molecule has 1 heterocycles. The van der Waals surface area contributed by atoms with Crippen molar-refractivity contribution in [1.82, 2.24) is 0 Å². The first-order chi connectivity index (χ1) is 10.1. The fourth-order valence-corrected chi connectivity index (χ4v) is 1.57.